The van der Waals surface area contributed by atoms with Gasteiger partial charge in [0.15, 0.2) is 0 Å². The molecule has 2 aliphatic rings. The van der Waals surface area contributed by atoms with Crippen molar-refractivity contribution in [3.63, 3.8) is 0 Å². The fourth-order valence-corrected chi connectivity index (χ4v) is 1.15. The molecule has 3 heteroatoms. The second-order valence-corrected chi connectivity index (χ2v) is 3.13. The zero-order chi connectivity index (χ0) is 6.97. The van der Waals surface area contributed by atoms with Crippen LogP contribution in [0.25, 0.3) is 0 Å². The van der Waals surface area contributed by atoms with Crippen molar-refractivity contribution in [1.82, 2.24) is 4.90 Å². The number of ether oxygens (including phenoxy) is 2. The van der Waals surface area contributed by atoms with Crippen molar-refractivity contribution >= 4 is 0 Å². The third kappa shape index (κ3) is 1.48. The van der Waals surface area contributed by atoms with E-state index in [2.05, 4.69) is 11.9 Å². The molecule has 2 saturated heterocycles. The van der Waals surface area contributed by atoms with Gasteiger partial charge in [0, 0.05) is 13.1 Å². The Morgan fingerprint density at radius 2 is 2.30 bits per heavy atom. The van der Waals surface area contributed by atoms with Crippen molar-refractivity contribution < 1.29 is 9.47 Å². The van der Waals surface area contributed by atoms with Crippen LogP contribution in [0, 0.1) is 0 Å². The smallest absolute Gasteiger partial charge is 0.104 e. The molecule has 2 fully saturated rings. The number of likely N-dealkylation sites (tertiary alicyclic amines) is 1. The maximum atomic E-state index is 5.51. The van der Waals surface area contributed by atoms with E-state index < -0.39 is 0 Å². The first-order valence-corrected chi connectivity index (χ1v) is 3.76. The maximum absolute atomic E-state index is 5.51. The molecule has 2 rings (SSSR count). The Balaban J connectivity index is 1.54. The molecule has 58 valence electrons. The van der Waals surface area contributed by atoms with Gasteiger partial charge in [0.05, 0.1) is 19.3 Å². The maximum Gasteiger partial charge on any atom is 0.104 e. The normalized spacial score (nSPS) is 33.9. The van der Waals surface area contributed by atoms with Crippen LogP contribution in [0.15, 0.2) is 0 Å². The molecule has 0 bridgehead atoms. The quantitative estimate of drug-likeness (QED) is 0.508. The van der Waals surface area contributed by atoms with E-state index >= 15 is 0 Å². The summed E-state index contributed by atoms with van der Waals surface area (Å²) in [5.74, 6) is 0. The van der Waals surface area contributed by atoms with Crippen molar-refractivity contribution in [3.05, 3.63) is 0 Å². The average Bonchev–Trinajstić information content (AvgIpc) is 2.60. The summed E-state index contributed by atoms with van der Waals surface area (Å²) >= 11 is 0. The highest BCUT2D eigenvalue weighted by Gasteiger charge is 2.28. The van der Waals surface area contributed by atoms with Gasteiger partial charge in [0.25, 0.3) is 0 Å². The van der Waals surface area contributed by atoms with E-state index in [0.29, 0.717) is 12.2 Å². The Kier molecular flexibility index (Phi) is 1.64. The molecule has 0 aromatic heterocycles. The predicted octanol–water partition coefficient (Wildman–Crippen LogP) is -0.284. The summed E-state index contributed by atoms with van der Waals surface area (Å²) in [6.07, 6.45) is 0.903. The summed E-state index contributed by atoms with van der Waals surface area (Å²) in [7, 11) is 2.10. The van der Waals surface area contributed by atoms with Crippen LogP contribution in [0.1, 0.15) is 0 Å². The lowest BCUT2D eigenvalue weighted by atomic mass is 10.2. The van der Waals surface area contributed by atoms with Gasteiger partial charge in [-0.05, 0) is 7.05 Å². The molecule has 3 nitrogen and oxygen atoms in total. The van der Waals surface area contributed by atoms with E-state index in [1.165, 1.54) is 0 Å². The minimum Gasteiger partial charge on any atom is -0.373 e. The predicted molar refractivity (Wildman–Crippen MR) is 37.0 cm³/mol. The number of rotatable bonds is 3. The van der Waals surface area contributed by atoms with Crippen LogP contribution in [0.3, 0.4) is 0 Å². The van der Waals surface area contributed by atoms with Gasteiger partial charge in [-0.1, -0.05) is 0 Å². The number of hydrogen-bond donors (Lipinski definition) is 0. The fourth-order valence-electron chi connectivity index (χ4n) is 1.15. The Morgan fingerprint density at radius 1 is 1.60 bits per heavy atom. The molecule has 0 spiro atoms. The van der Waals surface area contributed by atoms with E-state index in [-0.39, 0.29) is 0 Å². The first-order chi connectivity index (χ1) is 4.84. The Labute approximate surface area is 60.9 Å². The second kappa shape index (κ2) is 2.49. The SMILES string of the molecule is CN1CC(OCC2CO2)C1. The Morgan fingerprint density at radius 3 is 2.80 bits per heavy atom. The number of likely N-dealkylation sites (N-methyl/N-ethyl adjacent to an activating group) is 1. The summed E-state index contributed by atoms with van der Waals surface area (Å²) in [5, 5.41) is 0. The van der Waals surface area contributed by atoms with Crippen LogP contribution in [0.5, 0.6) is 0 Å². The third-order valence-corrected chi connectivity index (χ3v) is 1.95. The molecule has 0 N–H and O–H groups in total. The van der Waals surface area contributed by atoms with Crippen molar-refractivity contribution in [1.29, 1.82) is 0 Å². The molecule has 1 atom stereocenters. The summed E-state index contributed by atoms with van der Waals surface area (Å²) < 4.78 is 10.5. The van der Waals surface area contributed by atoms with Crippen LogP contribution >= 0.6 is 0 Å². The van der Waals surface area contributed by atoms with Gasteiger partial charge in [0.2, 0.25) is 0 Å². The standard InChI is InChI=1S/C7H13NO2/c1-8-2-6(3-8)9-4-7-5-10-7/h6-7H,2-5H2,1H3. The highest BCUT2D eigenvalue weighted by molar-refractivity contribution is 4.78. The van der Waals surface area contributed by atoms with Crippen molar-refractivity contribution in [2.24, 2.45) is 0 Å². The van der Waals surface area contributed by atoms with Gasteiger partial charge in [-0.25, -0.2) is 0 Å². The molecular weight excluding hydrogens is 130 g/mol. The summed E-state index contributed by atoms with van der Waals surface area (Å²) in [5.41, 5.74) is 0. The van der Waals surface area contributed by atoms with Gasteiger partial charge in [-0.3, -0.25) is 0 Å². The molecule has 10 heavy (non-hydrogen) atoms. The lowest BCUT2D eigenvalue weighted by molar-refractivity contribution is -0.0475. The van der Waals surface area contributed by atoms with Gasteiger partial charge >= 0.3 is 0 Å². The molecular formula is C7H13NO2. The first-order valence-electron chi connectivity index (χ1n) is 3.76. The van der Waals surface area contributed by atoms with Gasteiger partial charge in [-0.15, -0.1) is 0 Å². The molecule has 0 aromatic carbocycles. The Hall–Kier alpha value is -0.120. The number of hydrogen-bond acceptors (Lipinski definition) is 3. The molecule has 2 heterocycles. The molecule has 0 amide bonds. The molecule has 2 aliphatic heterocycles. The average molecular weight is 143 g/mol. The minimum atomic E-state index is 0.422. The summed E-state index contributed by atoms with van der Waals surface area (Å²) in [6.45, 7) is 3.89. The summed E-state index contributed by atoms with van der Waals surface area (Å²) in [4.78, 5) is 2.25. The lowest BCUT2D eigenvalue weighted by Gasteiger charge is -2.35. The first kappa shape index (κ1) is 6.58. The van der Waals surface area contributed by atoms with E-state index in [4.69, 9.17) is 9.47 Å². The zero-order valence-electron chi connectivity index (χ0n) is 6.25. The Bertz CT molecular complexity index is 119. The minimum absolute atomic E-state index is 0.422. The summed E-state index contributed by atoms with van der Waals surface area (Å²) in [6, 6.07) is 0. The largest absolute Gasteiger partial charge is 0.373 e. The van der Waals surface area contributed by atoms with Gasteiger partial charge in [0.1, 0.15) is 6.10 Å². The van der Waals surface area contributed by atoms with Crippen LogP contribution in [-0.2, 0) is 9.47 Å². The molecule has 0 aromatic rings. The monoisotopic (exact) mass is 143 g/mol. The van der Waals surface area contributed by atoms with E-state index in [9.17, 15) is 0 Å². The second-order valence-electron chi connectivity index (χ2n) is 3.13. The number of epoxide rings is 1. The van der Waals surface area contributed by atoms with E-state index in [0.717, 1.165) is 26.3 Å². The zero-order valence-corrected chi connectivity index (χ0v) is 6.25. The molecule has 0 saturated carbocycles. The molecule has 0 radical (unpaired) electrons. The van der Waals surface area contributed by atoms with Crippen molar-refractivity contribution in [3.8, 4) is 0 Å². The van der Waals surface area contributed by atoms with Crippen LogP contribution < -0.4 is 0 Å². The number of nitrogens with zero attached hydrogens (tertiary/aromatic N) is 1. The van der Waals surface area contributed by atoms with Crippen LogP contribution in [0.4, 0.5) is 0 Å². The third-order valence-electron chi connectivity index (χ3n) is 1.95. The highest BCUT2D eigenvalue weighted by Crippen LogP contribution is 2.13. The van der Waals surface area contributed by atoms with Gasteiger partial charge < -0.3 is 14.4 Å². The fraction of sp³-hybridized carbons (Fsp3) is 1.00. The highest BCUT2D eigenvalue weighted by atomic mass is 16.6. The van der Waals surface area contributed by atoms with Crippen LogP contribution in [-0.4, -0.2) is 50.5 Å². The topological polar surface area (TPSA) is 25.0 Å². The van der Waals surface area contributed by atoms with E-state index in [1.807, 2.05) is 0 Å². The molecule has 1 unspecified atom stereocenters. The van der Waals surface area contributed by atoms with Crippen molar-refractivity contribution in [2.75, 3.05) is 33.4 Å². The molecule has 0 aliphatic carbocycles. The van der Waals surface area contributed by atoms with Crippen molar-refractivity contribution in [2.45, 2.75) is 12.2 Å². The van der Waals surface area contributed by atoms with Gasteiger partial charge in [-0.2, -0.15) is 0 Å². The lowest BCUT2D eigenvalue weighted by Crippen LogP contribution is -2.49. The van der Waals surface area contributed by atoms with E-state index in [1.54, 1.807) is 0 Å². The van der Waals surface area contributed by atoms with Crippen LogP contribution in [0.2, 0.25) is 0 Å².